The molecule has 1 amide bonds. The molecule has 1 unspecified atom stereocenters. The molecule has 0 saturated carbocycles. The van der Waals surface area contributed by atoms with Crippen LogP contribution >= 0.6 is 0 Å². The van der Waals surface area contributed by atoms with Crippen molar-refractivity contribution in [2.45, 2.75) is 31.7 Å². The van der Waals surface area contributed by atoms with Gasteiger partial charge in [-0.1, -0.05) is 60.7 Å². The van der Waals surface area contributed by atoms with Crippen LogP contribution in [0.3, 0.4) is 0 Å². The first-order valence-corrected chi connectivity index (χ1v) is 8.75. The maximum Gasteiger partial charge on any atom is 0.246 e. The second kappa shape index (κ2) is 7.18. The van der Waals surface area contributed by atoms with Crippen molar-refractivity contribution >= 4 is 5.91 Å². The maximum absolute atomic E-state index is 12.9. The summed E-state index contributed by atoms with van der Waals surface area (Å²) in [6.45, 7) is 3.42. The summed E-state index contributed by atoms with van der Waals surface area (Å²) in [6, 6.07) is 20.3. The number of rotatable bonds is 4. The summed E-state index contributed by atoms with van der Waals surface area (Å²) in [6.07, 6.45) is 3.19. The van der Waals surface area contributed by atoms with Gasteiger partial charge in [-0.25, -0.2) is 0 Å². The van der Waals surface area contributed by atoms with E-state index in [0.717, 1.165) is 37.9 Å². The topological polar surface area (TPSA) is 46.3 Å². The second-order valence-electron chi connectivity index (χ2n) is 6.99. The van der Waals surface area contributed by atoms with Gasteiger partial charge in [0.25, 0.3) is 0 Å². The summed E-state index contributed by atoms with van der Waals surface area (Å²) in [5.74, 6) is 0.684. The zero-order valence-corrected chi connectivity index (χ0v) is 14.3. The molecular formula is C21H26N2O. The lowest BCUT2D eigenvalue weighted by molar-refractivity contribution is -0.138. The molecule has 0 aliphatic carbocycles. The predicted octanol–water partition coefficient (Wildman–Crippen LogP) is 3.34. The molecule has 1 saturated heterocycles. The van der Waals surface area contributed by atoms with Crippen molar-refractivity contribution < 1.29 is 4.79 Å². The zero-order chi connectivity index (χ0) is 17.0. The van der Waals surface area contributed by atoms with Crippen molar-refractivity contribution in [1.29, 1.82) is 0 Å². The van der Waals surface area contributed by atoms with E-state index in [4.69, 9.17) is 5.73 Å². The van der Waals surface area contributed by atoms with E-state index in [0.29, 0.717) is 5.92 Å². The van der Waals surface area contributed by atoms with Crippen molar-refractivity contribution in [3.63, 3.8) is 0 Å². The lowest BCUT2D eigenvalue weighted by Crippen LogP contribution is -2.53. The van der Waals surface area contributed by atoms with Crippen LogP contribution in [-0.4, -0.2) is 23.9 Å². The van der Waals surface area contributed by atoms with Gasteiger partial charge in [0, 0.05) is 13.1 Å². The largest absolute Gasteiger partial charge is 0.341 e. The molecule has 3 rings (SSSR count). The van der Waals surface area contributed by atoms with Crippen LogP contribution in [0.25, 0.3) is 0 Å². The molecule has 1 heterocycles. The van der Waals surface area contributed by atoms with Crippen LogP contribution in [0.1, 0.15) is 30.9 Å². The standard InChI is InChI=1S/C21H26N2O/c1-21(22,19-10-6-3-7-11-19)20(24)23-14-12-18(13-15-23)16-17-8-4-2-5-9-17/h2-11,18H,12-16,22H2,1H3. The molecule has 2 aromatic rings. The Morgan fingerprint density at radius 2 is 1.58 bits per heavy atom. The van der Waals surface area contributed by atoms with Crippen molar-refractivity contribution in [3.05, 3.63) is 71.8 Å². The van der Waals surface area contributed by atoms with Crippen LogP contribution in [0.2, 0.25) is 0 Å². The Hall–Kier alpha value is -2.13. The van der Waals surface area contributed by atoms with Gasteiger partial charge in [-0.15, -0.1) is 0 Å². The van der Waals surface area contributed by atoms with Gasteiger partial charge in [-0.05, 0) is 43.2 Å². The SMILES string of the molecule is CC(N)(C(=O)N1CCC(Cc2ccccc2)CC1)c1ccccc1. The monoisotopic (exact) mass is 322 g/mol. The first-order chi connectivity index (χ1) is 11.6. The van der Waals surface area contributed by atoms with Gasteiger partial charge in [-0.2, -0.15) is 0 Å². The number of piperidine rings is 1. The fraction of sp³-hybridized carbons (Fsp3) is 0.381. The Kier molecular flexibility index (Phi) is 5.00. The number of nitrogens with two attached hydrogens (primary N) is 1. The number of carbonyl (C=O) groups is 1. The minimum Gasteiger partial charge on any atom is -0.341 e. The van der Waals surface area contributed by atoms with Crippen molar-refractivity contribution in [3.8, 4) is 0 Å². The molecule has 0 bridgehead atoms. The molecule has 3 nitrogen and oxygen atoms in total. The number of amides is 1. The molecule has 0 spiro atoms. The summed E-state index contributed by atoms with van der Waals surface area (Å²) in [5, 5.41) is 0. The average molecular weight is 322 g/mol. The molecule has 3 heteroatoms. The fourth-order valence-corrected chi connectivity index (χ4v) is 3.52. The molecule has 126 valence electrons. The molecule has 2 N–H and O–H groups in total. The van der Waals surface area contributed by atoms with E-state index in [1.807, 2.05) is 42.2 Å². The Morgan fingerprint density at radius 3 is 2.17 bits per heavy atom. The Labute approximate surface area is 144 Å². The van der Waals surface area contributed by atoms with E-state index < -0.39 is 5.54 Å². The second-order valence-corrected chi connectivity index (χ2v) is 6.99. The normalized spacial score (nSPS) is 18.2. The number of nitrogens with zero attached hydrogens (tertiary/aromatic N) is 1. The third-order valence-electron chi connectivity index (χ3n) is 5.09. The molecule has 0 aromatic heterocycles. The van der Waals surface area contributed by atoms with E-state index in [1.165, 1.54) is 5.56 Å². The molecule has 1 fully saturated rings. The highest BCUT2D eigenvalue weighted by molar-refractivity contribution is 5.87. The fourth-order valence-electron chi connectivity index (χ4n) is 3.52. The number of carbonyl (C=O) groups excluding carboxylic acids is 1. The van der Waals surface area contributed by atoms with Crippen LogP contribution in [0.4, 0.5) is 0 Å². The first kappa shape index (κ1) is 16.7. The predicted molar refractivity (Wildman–Crippen MR) is 97.4 cm³/mol. The first-order valence-electron chi connectivity index (χ1n) is 8.75. The van der Waals surface area contributed by atoms with E-state index in [2.05, 4.69) is 30.3 Å². The third kappa shape index (κ3) is 3.68. The van der Waals surface area contributed by atoms with Crippen LogP contribution < -0.4 is 5.73 Å². The van der Waals surface area contributed by atoms with Crippen LogP contribution in [-0.2, 0) is 16.8 Å². The Balaban J connectivity index is 1.59. The van der Waals surface area contributed by atoms with Crippen LogP contribution in [0, 0.1) is 5.92 Å². The summed E-state index contributed by atoms with van der Waals surface area (Å²) < 4.78 is 0. The van der Waals surface area contributed by atoms with Crippen LogP contribution in [0.15, 0.2) is 60.7 Å². The minimum absolute atomic E-state index is 0.0341. The maximum atomic E-state index is 12.9. The summed E-state index contributed by atoms with van der Waals surface area (Å²) in [7, 11) is 0. The van der Waals surface area contributed by atoms with Crippen molar-refractivity contribution in [1.82, 2.24) is 4.90 Å². The van der Waals surface area contributed by atoms with Crippen LogP contribution in [0.5, 0.6) is 0 Å². The number of hydrogen-bond acceptors (Lipinski definition) is 2. The van der Waals surface area contributed by atoms with Gasteiger partial charge in [0.1, 0.15) is 5.54 Å². The van der Waals surface area contributed by atoms with Gasteiger partial charge < -0.3 is 10.6 Å². The quantitative estimate of drug-likeness (QED) is 0.938. The highest BCUT2D eigenvalue weighted by Crippen LogP contribution is 2.26. The Morgan fingerprint density at radius 1 is 1.04 bits per heavy atom. The third-order valence-corrected chi connectivity index (χ3v) is 5.09. The molecule has 1 aliphatic heterocycles. The molecule has 0 radical (unpaired) electrons. The van der Waals surface area contributed by atoms with Gasteiger partial charge >= 0.3 is 0 Å². The highest BCUT2D eigenvalue weighted by atomic mass is 16.2. The smallest absolute Gasteiger partial charge is 0.246 e. The number of benzene rings is 2. The summed E-state index contributed by atoms with van der Waals surface area (Å²) in [5.41, 5.74) is 7.69. The molecular weight excluding hydrogens is 296 g/mol. The van der Waals surface area contributed by atoms with Crippen molar-refractivity contribution in [2.24, 2.45) is 11.7 Å². The number of likely N-dealkylation sites (tertiary alicyclic amines) is 1. The van der Waals surface area contributed by atoms with E-state index in [1.54, 1.807) is 0 Å². The van der Waals surface area contributed by atoms with Crippen molar-refractivity contribution in [2.75, 3.05) is 13.1 Å². The molecule has 1 aliphatic rings. The lowest BCUT2D eigenvalue weighted by Gasteiger charge is -2.37. The zero-order valence-electron chi connectivity index (χ0n) is 14.3. The Bertz CT molecular complexity index is 659. The van der Waals surface area contributed by atoms with Gasteiger partial charge in [0.2, 0.25) is 5.91 Å². The van der Waals surface area contributed by atoms with E-state index in [9.17, 15) is 4.79 Å². The average Bonchev–Trinajstić information content (AvgIpc) is 2.63. The van der Waals surface area contributed by atoms with Gasteiger partial charge in [0.05, 0.1) is 0 Å². The van der Waals surface area contributed by atoms with Gasteiger partial charge in [0.15, 0.2) is 0 Å². The molecule has 1 atom stereocenters. The van der Waals surface area contributed by atoms with E-state index >= 15 is 0 Å². The summed E-state index contributed by atoms with van der Waals surface area (Å²) >= 11 is 0. The highest BCUT2D eigenvalue weighted by Gasteiger charge is 2.35. The minimum atomic E-state index is -0.951. The van der Waals surface area contributed by atoms with E-state index in [-0.39, 0.29) is 5.91 Å². The number of hydrogen-bond donors (Lipinski definition) is 1. The molecule has 24 heavy (non-hydrogen) atoms. The summed E-state index contributed by atoms with van der Waals surface area (Å²) in [4.78, 5) is 14.8. The molecule has 2 aromatic carbocycles. The van der Waals surface area contributed by atoms with Gasteiger partial charge in [-0.3, -0.25) is 4.79 Å². The lowest BCUT2D eigenvalue weighted by atomic mass is 9.87.